The minimum atomic E-state index is -0.121. The number of aliphatic hydroxyl groups is 1. The van der Waals surface area contributed by atoms with Gasteiger partial charge in [-0.25, -0.2) is 0 Å². The molecule has 0 aromatic rings. The molecule has 164 valence electrons. The van der Waals surface area contributed by atoms with Crippen molar-refractivity contribution in [3.8, 4) is 0 Å². The van der Waals surface area contributed by atoms with Crippen LogP contribution in [0.2, 0.25) is 0 Å². The summed E-state index contributed by atoms with van der Waals surface area (Å²) in [6, 6.07) is 0. The van der Waals surface area contributed by atoms with E-state index in [0.29, 0.717) is 23.2 Å². The van der Waals surface area contributed by atoms with Gasteiger partial charge in [0.15, 0.2) is 0 Å². The van der Waals surface area contributed by atoms with Crippen LogP contribution < -0.4 is 0 Å². The molecule has 0 aliphatic heterocycles. The molecule has 0 aromatic carbocycles. The average Bonchev–Trinajstić information content (AvgIpc) is 3.04. The van der Waals surface area contributed by atoms with E-state index in [4.69, 9.17) is 0 Å². The molecule has 0 unspecified atom stereocenters. The van der Waals surface area contributed by atoms with Crippen LogP contribution in [0.3, 0.4) is 0 Å². The lowest BCUT2D eigenvalue weighted by Gasteiger charge is -2.44. The van der Waals surface area contributed by atoms with E-state index in [1.54, 1.807) is 5.57 Å². The van der Waals surface area contributed by atoms with Gasteiger partial charge in [-0.1, -0.05) is 77.0 Å². The van der Waals surface area contributed by atoms with Gasteiger partial charge in [-0.2, -0.15) is 0 Å². The average molecular weight is 399 g/mol. The molecule has 1 heteroatoms. The zero-order valence-corrected chi connectivity index (χ0v) is 20.0. The highest BCUT2D eigenvalue weighted by atomic mass is 16.3. The summed E-state index contributed by atoms with van der Waals surface area (Å²) in [7, 11) is 0. The number of rotatable bonds is 5. The van der Waals surface area contributed by atoms with Crippen LogP contribution in [0.4, 0.5) is 0 Å². The molecule has 0 spiro atoms. The SMILES string of the molecule is CC(C)[C@@H](C)/C=C/[C@@H](C)[C@H]1CC[C@H]2/C(=C/C=C3/C[C@@H](O)CC[C@@H]3C)CCC[C@@]12C. The number of hydrogen-bond acceptors (Lipinski definition) is 1. The van der Waals surface area contributed by atoms with Gasteiger partial charge in [0.05, 0.1) is 6.10 Å². The molecule has 0 radical (unpaired) electrons. The first-order chi connectivity index (χ1) is 13.7. The molecule has 3 fully saturated rings. The van der Waals surface area contributed by atoms with Gasteiger partial charge >= 0.3 is 0 Å². The molecule has 0 aromatic heterocycles. The summed E-state index contributed by atoms with van der Waals surface area (Å²) < 4.78 is 0. The van der Waals surface area contributed by atoms with Crippen molar-refractivity contribution < 1.29 is 5.11 Å². The van der Waals surface area contributed by atoms with Gasteiger partial charge in [-0.3, -0.25) is 0 Å². The van der Waals surface area contributed by atoms with Crippen LogP contribution in [0, 0.1) is 40.9 Å². The summed E-state index contributed by atoms with van der Waals surface area (Å²) in [5, 5.41) is 10.1. The largest absolute Gasteiger partial charge is 0.393 e. The second-order valence-corrected chi connectivity index (χ2v) is 11.3. The van der Waals surface area contributed by atoms with E-state index in [1.165, 1.54) is 37.7 Å². The van der Waals surface area contributed by atoms with Gasteiger partial charge in [0.2, 0.25) is 0 Å². The Balaban J connectivity index is 1.74. The summed E-state index contributed by atoms with van der Waals surface area (Å²) >= 11 is 0. The van der Waals surface area contributed by atoms with Crippen molar-refractivity contribution in [1.82, 2.24) is 0 Å². The zero-order chi connectivity index (χ0) is 21.2. The van der Waals surface area contributed by atoms with E-state index in [9.17, 15) is 5.11 Å². The maximum absolute atomic E-state index is 10.1. The van der Waals surface area contributed by atoms with Crippen LogP contribution >= 0.6 is 0 Å². The third-order valence-corrected chi connectivity index (χ3v) is 8.99. The fourth-order valence-electron chi connectivity index (χ4n) is 6.50. The molecule has 3 saturated carbocycles. The molecule has 29 heavy (non-hydrogen) atoms. The van der Waals surface area contributed by atoms with Gasteiger partial charge < -0.3 is 5.11 Å². The van der Waals surface area contributed by atoms with Gasteiger partial charge in [-0.05, 0) is 92.3 Å². The molecule has 0 saturated heterocycles. The van der Waals surface area contributed by atoms with Crippen molar-refractivity contribution in [1.29, 1.82) is 0 Å². The lowest BCUT2D eigenvalue weighted by Crippen LogP contribution is -2.35. The molecule has 0 amide bonds. The first-order valence-electron chi connectivity index (χ1n) is 12.5. The normalized spacial score (nSPS) is 40.7. The molecule has 3 aliphatic rings. The molecular formula is C28H46O. The smallest absolute Gasteiger partial charge is 0.0577 e. The van der Waals surface area contributed by atoms with Gasteiger partial charge in [-0.15, -0.1) is 0 Å². The molecule has 3 rings (SSSR count). The number of fused-ring (bicyclic) bond motifs is 1. The Bertz CT molecular complexity index is 639. The molecular weight excluding hydrogens is 352 g/mol. The van der Waals surface area contributed by atoms with Crippen LogP contribution in [0.15, 0.2) is 35.5 Å². The van der Waals surface area contributed by atoms with Crippen molar-refractivity contribution in [2.75, 3.05) is 0 Å². The molecule has 1 N–H and O–H groups in total. The van der Waals surface area contributed by atoms with E-state index in [1.807, 2.05) is 0 Å². The highest BCUT2D eigenvalue weighted by molar-refractivity contribution is 5.27. The van der Waals surface area contributed by atoms with Crippen LogP contribution in [0.25, 0.3) is 0 Å². The Morgan fingerprint density at radius 3 is 2.41 bits per heavy atom. The lowest BCUT2D eigenvalue weighted by molar-refractivity contribution is 0.112. The molecule has 0 bridgehead atoms. The minimum Gasteiger partial charge on any atom is -0.393 e. The van der Waals surface area contributed by atoms with Crippen LogP contribution in [0.5, 0.6) is 0 Å². The van der Waals surface area contributed by atoms with E-state index in [2.05, 4.69) is 65.8 Å². The quantitative estimate of drug-likeness (QED) is 0.470. The van der Waals surface area contributed by atoms with E-state index >= 15 is 0 Å². The monoisotopic (exact) mass is 398 g/mol. The van der Waals surface area contributed by atoms with Gasteiger partial charge in [0.1, 0.15) is 0 Å². The summed E-state index contributed by atoms with van der Waals surface area (Å²) in [5.74, 6) is 4.29. The Hall–Kier alpha value is -0.820. The third kappa shape index (κ3) is 5.09. The van der Waals surface area contributed by atoms with Crippen LogP contribution in [-0.4, -0.2) is 11.2 Å². The van der Waals surface area contributed by atoms with E-state index in [-0.39, 0.29) is 6.10 Å². The zero-order valence-electron chi connectivity index (χ0n) is 20.0. The third-order valence-electron chi connectivity index (χ3n) is 8.99. The Morgan fingerprint density at radius 1 is 0.966 bits per heavy atom. The summed E-state index contributed by atoms with van der Waals surface area (Å²) in [5.41, 5.74) is 3.63. The fourth-order valence-corrected chi connectivity index (χ4v) is 6.50. The standard InChI is InChI=1S/C28H46O/c1-19(2)20(3)9-10-22(5)26-15-16-27-23(8-7-17-28(26,27)6)12-13-24-18-25(29)14-11-21(24)4/h9-10,12-13,19-22,25-27,29H,7-8,11,14-18H2,1-6H3/b10-9+,23-12+,24-13-/t20-,21-,22+,25-,26+,27-,28-/m0/s1. The highest BCUT2D eigenvalue weighted by Crippen LogP contribution is 2.59. The molecule has 0 heterocycles. The predicted octanol–water partition coefficient (Wildman–Crippen LogP) is 7.72. The molecule has 3 aliphatic carbocycles. The maximum atomic E-state index is 10.1. The highest BCUT2D eigenvalue weighted by Gasteiger charge is 2.50. The summed E-state index contributed by atoms with van der Waals surface area (Å²) in [4.78, 5) is 0. The summed E-state index contributed by atoms with van der Waals surface area (Å²) in [6.45, 7) is 14.4. The molecule has 1 nitrogen and oxygen atoms in total. The summed E-state index contributed by atoms with van der Waals surface area (Å²) in [6.07, 6.45) is 19.5. The molecule has 7 atom stereocenters. The van der Waals surface area contributed by atoms with Crippen LogP contribution in [0.1, 0.15) is 92.9 Å². The van der Waals surface area contributed by atoms with Crippen molar-refractivity contribution >= 4 is 0 Å². The fraction of sp³-hybridized carbons (Fsp3) is 0.786. The van der Waals surface area contributed by atoms with Crippen molar-refractivity contribution in [3.63, 3.8) is 0 Å². The van der Waals surface area contributed by atoms with Crippen molar-refractivity contribution in [2.24, 2.45) is 40.9 Å². The maximum Gasteiger partial charge on any atom is 0.0577 e. The van der Waals surface area contributed by atoms with E-state index in [0.717, 1.165) is 37.0 Å². The van der Waals surface area contributed by atoms with Crippen LogP contribution in [-0.2, 0) is 0 Å². The Labute approximate surface area is 180 Å². The minimum absolute atomic E-state index is 0.121. The van der Waals surface area contributed by atoms with Crippen molar-refractivity contribution in [2.45, 2.75) is 99.0 Å². The second-order valence-electron chi connectivity index (χ2n) is 11.3. The number of hydrogen-bond donors (Lipinski definition) is 1. The van der Waals surface area contributed by atoms with Gasteiger partial charge in [0.25, 0.3) is 0 Å². The van der Waals surface area contributed by atoms with Gasteiger partial charge in [0, 0.05) is 0 Å². The van der Waals surface area contributed by atoms with Crippen molar-refractivity contribution in [3.05, 3.63) is 35.5 Å². The number of allylic oxidation sites excluding steroid dienone is 5. The first-order valence-corrected chi connectivity index (χ1v) is 12.5. The first kappa shape index (κ1) is 22.9. The topological polar surface area (TPSA) is 20.2 Å². The predicted molar refractivity (Wildman–Crippen MR) is 126 cm³/mol. The van der Waals surface area contributed by atoms with E-state index < -0.39 is 0 Å². The Morgan fingerprint density at radius 2 is 1.69 bits per heavy atom. The Kier molecular flexibility index (Phi) is 7.52. The number of aliphatic hydroxyl groups excluding tert-OH is 1. The lowest BCUT2D eigenvalue weighted by atomic mass is 9.61. The second kappa shape index (κ2) is 9.54.